The van der Waals surface area contributed by atoms with E-state index in [1.807, 2.05) is 13.8 Å². The van der Waals surface area contributed by atoms with Crippen LogP contribution < -0.4 is 0 Å². The minimum Gasteiger partial charge on any atom is -0.0776 e. The molecule has 14 heavy (non-hydrogen) atoms. The summed E-state index contributed by atoms with van der Waals surface area (Å²) in [5.74, 6) is 0. The summed E-state index contributed by atoms with van der Waals surface area (Å²) < 4.78 is 0. The van der Waals surface area contributed by atoms with Gasteiger partial charge in [-0.25, -0.2) is 0 Å². The van der Waals surface area contributed by atoms with Crippen molar-refractivity contribution in [3.63, 3.8) is 0 Å². The van der Waals surface area contributed by atoms with Gasteiger partial charge in [-0.15, -0.1) is 0 Å². The first-order valence-corrected chi connectivity index (χ1v) is 5.03. The Morgan fingerprint density at radius 2 is 1.14 bits per heavy atom. The maximum atomic E-state index is 2.26. The van der Waals surface area contributed by atoms with Crippen molar-refractivity contribution in [3.8, 4) is 0 Å². The van der Waals surface area contributed by atoms with E-state index in [0.717, 1.165) is 0 Å². The molecule has 2 rings (SSSR count). The zero-order chi connectivity index (χ0) is 8.81. The lowest BCUT2D eigenvalue weighted by atomic mass is 9.92. The summed E-state index contributed by atoms with van der Waals surface area (Å²) in [4.78, 5) is 0. The third-order valence-corrected chi connectivity index (χ3v) is 2.26. The van der Waals surface area contributed by atoms with Gasteiger partial charge < -0.3 is 0 Å². The minimum atomic E-state index is 0. The van der Waals surface area contributed by atoms with Gasteiger partial charge in [-0.3, -0.25) is 0 Å². The zero-order valence-corrected chi connectivity index (χ0v) is 8.14. The van der Waals surface area contributed by atoms with Crippen molar-refractivity contribution >= 4 is 0 Å². The Balaban J connectivity index is 0. The van der Waals surface area contributed by atoms with Crippen molar-refractivity contribution in [1.82, 2.24) is 0 Å². The Bertz CT molecular complexity index is 200. The number of fused-ring (bicyclic) bond motifs is 1. The monoisotopic (exact) mass is 194 g/mol. The fourth-order valence-electron chi connectivity index (χ4n) is 1.68. The van der Waals surface area contributed by atoms with Gasteiger partial charge in [0.25, 0.3) is 0 Å². The van der Waals surface area contributed by atoms with E-state index in [1.165, 1.54) is 25.7 Å². The Kier molecular flexibility index (Phi) is 9.86. The largest absolute Gasteiger partial charge is 0.0776 e. The number of hydrogen-bond donors (Lipinski definition) is 0. The standard InChI is InChI=1S/C10H12.C2H6.2CH4/c1-2-6-10-8-4-3-7-9(10)5-1;1-2;;/h1-2,5-6H,3-4,7-8H2;1-2H3;2*1H4. The van der Waals surface area contributed by atoms with Crippen LogP contribution in [-0.2, 0) is 12.8 Å². The summed E-state index contributed by atoms with van der Waals surface area (Å²) in [7, 11) is 0. The number of aryl methyl sites for hydroxylation is 2. The van der Waals surface area contributed by atoms with E-state index in [2.05, 4.69) is 24.3 Å². The average Bonchev–Trinajstić information content (AvgIpc) is 2.21. The Hall–Kier alpha value is -0.780. The second-order valence-corrected chi connectivity index (χ2v) is 2.98. The van der Waals surface area contributed by atoms with Gasteiger partial charge in [0, 0.05) is 0 Å². The molecule has 1 aromatic carbocycles. The Morgan fingerprint density at radius 1 is 0.786 bits per heavy atom. The van der Waals surface area contributed by atoms with E-state index in [4.69, 9.17) is 0 Å². The molecule has 0 aromatic heterocycles. The van der Waals surface area contributed by atoms with Crippen LogP contribution in [0, 0.1) is 0 Å². The van der Waals surface area contributed by atoms with Gasteiger partial charge in [-0.2, -0.15) is 0 Å². The van der Waals surface area contributed by atoms with E-state index in [1.54, 1.807) is 11.1 Å². The molecule has 0 N–H and O–H groups in total. The molecule has 0 spiro atoms. The molecular formula is C14H26. The highest BCUT2D eigenvalue weighted by atomic mass is 14.1. The van der Waals surface area contributed by atoms with Crippen LogP contribution in [0.3, 0.4) is 0 Å². The molecule has 0 radical (unpaired) electrons. The fraction of sp³-hybridized carbons (Fsp3) is 0.571. The first kappa shape index (κ1) is 15.7. The van der Waals surface area contributed by atoms with Crippen LogP contribution in [0.2, 0.25) is 0 Å². The SMILES string of the molecule is C.C.CC.c1ccc2c(c1)CCCC2. The number of hydrogen-bond acceptors (Lipinski definition) is 0. The third kappa shape index (κ3) is 3.95. The molecule has 1 aromatic rings. The molecule has 0 unspecified atom stereocenters. The van der Waals surface area contributed by atoms with E-state index < -0.39 is 0 Å². The highest BCUT2D eigenvalue weighted by Gasteiger charge is 2.05. The lowest BCUT2D eigenvalue weighted by molar-refractivity contribution is 0.685. The summed E-state index contributed by atoms with van der Waals surface area (Å²) >= 11 is 0. The third-order valence-electron chi connectivity index (χ3n) is 2.26. The summed E-state index contributed by atoms with van der Waals surface area (Å²) in [6.07, 6.45) is 5.38. The summed E-state index contributed by atoms with van der Waals surface area (Å²) in [6, 6.07) is 8.80. The molecule has 0 bridgehead atoms. The van der Waals surface area contributed by atoms with E-state index >= 15 is 0 Å². The molecule has 0 saturated heterocycles. The molecule has 1 aliphatic carbocycles. The van der Waals surface area contributed by atoms with Crippen LogP contribution in [0.25, 0.3) is 0 Å². The van der Waals surface area contributed by atoms with Crippen molar-refractivity contribution in [2.75, 3.05) is 0 Å². The second kappa shape index (κ2) is 8.80. The smallest absolute Gasteiger partial charge is 0.0276 e. The molecule has 0 heterocycles. The lowest BCUT2D eigenvalue weighted by Crippen LogP contribution is -2.00. The van der Waals surface area contributed by atoms with Crippen LogP contribution in [-0.4, -0.2) is 0 Å². The van der Waals surface area contributed by atoms with E-state index in [-0.39, 0.29) is 14.9 Å². The van der Waals surface area contributed by atoms with Gasteiger partial charge in [0.1, 0.15) is 0 Å². The normalized spacial score (nSPS) is 12.1. The first-order valence-electron chi connectivity index (χ1n) is 5.03. The predicted molar refractivity (Wildman–Crippen MR) is 67.9 cm³/mol. The van der Waals surface area contributed by atoms with Crippen molar-refractivity contribution in [2.45, 2.75) is 54.4 Å². The van der Waals surface area contributed by atoms with Gasteiger partial charge in [0.15, 0.2) is 0 Å². The van der Waals surface area contributed by atoms with Crippen LogP contribution in [0.5, 0.6) is 0 Å². The summed E-state index contributed by atoms with van der Waals surface area (Å²) in [5.41, 5.74) is 3.16. The topological polar surface area (TPSA) is 0 Å². The van der Waals surface area contributed by atoms with Gasteiger partial charge >= 0.3 is 0 Å². The molecular weight excluding hydrogens is 168 g/mol. The van der Waals surface area contributed by atoms with Crippen molar-refractivity contribution in [2.24, 2.45) is 0 Å². The minimum absolute atomic E-state index is 0. The van der Waals surface area contributed by atoms with E-state index in [0.29, 0.717) is 0 Å². The summed E-state index contributed by atoms with van der Waals surface area (Å²) in [6.45, 7) is 4.00. The molecule has 0 atom stereocenters. The average molecular weight is 194 g/mol. The Labute approximate surface area is 90.4 Å². The predicted octanol–water partition coefficient (Wildman–Crippen LogP) is 4.86. The van der Waals surface area contributed by atoms with Crippen LogP contribution in [0.1, 0.15) is 52.7 Å². The number of benzene rings is 1. The Morgan fingerprint density at radius 3 is 1.50 bits per heavy atom. The highest BCUT2D eigenvalue weighted by Crippen LogP contribution is 2.19. The molecule has 1 aliphatic rings. The van der Waals surface area contributed by atoms with Crippen molar-refractivity contribution in [3.05, 3.63) is 35.4 Å². The van der Waals surface area contributed by atoms with E-state index in [9.17, 15) is 0 Å². The van der Waals surface area contributed by atoms with Crippen molar-refractivity contribution in [1.29, 1.82) is 0 Å². The maximum Gasteiger partial charge on any atom is -0.0276 e. The fourth-order valence-corrected chi connectivity index (χ4v) is 1.68. The van der Waals surface area contributed by atoms with Gasteiger partial charge in [-0.05, 0) is 36.8 Å². The number of rotatable bonds is 0. The molecule has 0 fully saturated rings. The van der Waals surface area contributed by atoms with Crippen molar-refractivity contribution < 1.29 is 0 Å². The second-order valence-electron chi connectivity index (χ2n) is 2.98. The van der Waals surface area contributed by atoms with Crippen LogP contribution >= 0.6 is 0 Å². The molecule has 82 valence electrons. The maximum absolute atomic E-state index is 2.26. The van der Waals surface area contributed by atoms with Crippen LogP contribution in [0.4, 0.5) is 0 Å². The lowest BCUT2D eigenvalue weighted by Gasteiger charge is -2.13. The molecule has 0 saturated carbocycles. The molecule has 0 aliphatic heterocycles. The van der Waals surface area contributed by atoms with Gasteiger partial charge in [0.2, 0.25) is 0 Å². The van der Waals surface area contributed by atoms with Gasteiger partial charge in [0.05, 0.1) is 0 Å². The summed E-state index contributed by atoms with van der Waals surface area (Å²) in [5, 5.41) is 0. The first-order chi connectivity index (χ1) is 5.97. The highest BCUT2D eigenvalue weighted by molar-refractivity contribution is 5.28. The quantitative estimate of drug-likeness (QED) is 0.553. The van der Waals surface area contributed by atoms with Crippen LogP contribution in [0.15, 0.2) is 24.3 Å². The zero-order valence-electron chi connectivity index (χ0n) is 8.14. The molecule has 0 amide bonds. The molecule has 0 nitrogen and oxygen atoms in total. The van der Waals surface area contributed by atoms with Gasteiger partial charge in [-0.1, -0.05) is 53.0 Å². The molecule has 0 heteroatoms.